The fraction of sp³-hybridized carbons (Fsp3) is 0.474. The highest BCUT2D eigenvalue weighted by molar-refractivity contribution is 5.94. The van der Waals surface area contributed by atoms with Gasteiger partial charge in [0.1, 0.15) is 6.10 Å². The van der Waals surface area contributed by atoms with Crippen molar-refractivity contribution in [3.05, 3.63) is 48.3 Å². The van der Waals surface area contributed by atoms with Crippen LogP contribution in [0, 0.1) is 0 Å². The zero-order valence-electron chi connectivity index (χ0n) is 15.1. The highest BCUT2D eigenvalue weighted by Crippen LogP contribution is 2.17. The van der Waals surface area contributed by atoms with Crippen molar-refractivity contribution >= 4 is 11.6 Å². The lowest BCUT2D eigenvalue weighted by molar-refractivity contribution is -0.133. The van der Waals surface area contributed by atoms with Gasteiger partial charge < -0.3 is 10.1 Å². The number of anilines is 1. The van der Waals surface area contributed by atoms with Crippen molar-refractivity contribution in [3.8, 4) is 0 Å². The Bertz CT molecular complexity index is 706. The molecule has 6 nitrogen and oxygen atoms in total. The van der Waals surface area contributed by atoms with Gasteiger partial charge in [0.05, 0.1) is 24.0 Å². The molecule has 1 saturated heterocycles. The normalized spacial score (nSPS) is 18.9. The summed E-state index contributed by atoms with van der Waals surface area (Å²) in [6.45, 7) is 9.02. The van der Waals surface area contributed by atoms with Crippen molar-refractivity contribution < 1.29 is 9.53 Å². The Labute approximate surface area is 148 Å². The minimum atomic E-state index is -0.463. The molecule has 1 amide bonds. The number of morpholine rings is 1. The Kier molecular flexibility index (Phi) is 5.20. The van der Waals surface area contributed by atoms with Crippen molar-refractivity contribution in [2.75, 3.05) is 25.0 Å². The van der Waals surface area contributed by atoms with E-state index in [1.54, 1.807) is 6.20 Å². The first-order valence-corrected chi connectivity index (χ1v) is 8.66. The third-order valence-corrected chi connectivity index (χ3v) is 4.23. The first-order chi connectivity index (χ1) is 11.9. The number of hydrogen-bond acceptors (Lipinski definition) is 4. The molecule has 0 bridgehead atoms. The number of hydrogen-bond donors (Lipinski definition) is 1. The topological polar surface area (TPSA) is 59.4 Å². The predicted molar refractivity (Wildman–Crippen MR) is 97.3 cm³/mol. The molecule has 2 heterocycles. The SMILES string of the molecule is CC(C)(C)n1cc(NC(=O)[C@@H]2CN(Cc3ccccc3)CCO2)cn1. The quantitative estimate of drug-likeness (QED) is 0.927. The molecule has 1 N–H and O–H groups in total. The molecule has 1 aromatic carbocycles. The summed E-state index contributed by atoms with van der Waals surface area (Å²) in [6.07, 6.45) is 3.06. The molecular formula is C19H26N4O2. The number of nitrogens with zero attached hydrogens (tertiary/aromatic N) is 3. The van der Waals surface area contributed by atoms with E-state index in [2.05, 4.69) is 48.2 Å². The van der Waals surface area contributed by atoms with Crippen molar-refractivity contribution in [2.24, 2.45) is 0 Å². The second-order valence-corrected chi connectivity index (χ2v) is 7.41. The lowest BCUT2D eigenvalue weighted by atomic mass is 10.1. The molecule has 1 aliphatic heterocycles. The molecule has 25 heavy (non-hydrogen) atoms. The highest BCUT2D eigenvalue weighted by atomic mass is 16.5. The third kappa shape index (κ3) is 4.67. The van der Waals surface area contributed by atoms with Gasteiger partial charge >= 0.3 is 0 Å². The van der Waals surface area contributed by atoms with E-state index in [9.17, 15) is 4.79 Å². The number of amides is 1. The molecule has 0 aliphatic carbocycles. The number of carbonyl (C=O) groups is 1. The van der Waals surface area contributed by atoms with Gasteiger partial charge in [0, 0.05) is 25.8 Å². The highest BCUT2D eigenvalue weighted by Gasteiger charge is 2.27. The summed E-state index contributed by atoms with van der Waals surface area (Å²) in [5.74, 6) is -0.119. The second-order valence-electron chi connectivity index (χ2n) is 7.41. The van der Waals surface area contributed by atoms with Gasteiger partial charge in [0.15, 0.2) is 0 Å². The second kappa shape index (κ2) is 7.37. The van der Waals surface area contributed by atoms with Gasteiger partial charge in [-0.25, -0.2) is 0 Å². The zero-order chi connectivity index (χ0) is 17.9. The van der Waals surface area contributed by atoms with E-state index in [4.69, 9.17) is 4.74 Å². The number of aromatic nitrogens is 2. The zero-order valence-corrected chi connectivity index (χ0v) is 15.1. The molecule has 0 spiro atoms. The van der Waals surface area contributed by atoms with Crippen LogP contribution in [0.25, 0.3) is 0 Å². The Morgan fingerprint density at radius 3 is 2.76 bits per heavy atom. The fourth-order valence-corrected chi connectivity index (χ4v) is 2.82. The fourth-order valence-electron chi connectivity index (χ4n) is 2.82. The van der Waals surface area contributed by atoms with E-state index in [-0.39, 0.29) is 11.4 Å². The van der Waals surface area contributed by atoms with E-state index in [0.717, 1.165) is 13.1 Å². The van der Waals surface area contributed by atoms with Gasteiger partial charge in [-0.05, 0) is 26.3 Å². The summed E-state index contributed by atoms with van der Waals surface area (Å²) in [7, 11) is 0. The van der Waals surface area contributed by atoms with Crippen LogP contribution in [0.5, 0.6) is 0 Å². The molecule has 134 valence electrons. The standard InChI is InChI=1S/C19H26N4O2/c1-19(2,3)23-13-16(11-20-23)21-18(24)17-14-22(9-10-25-17)12-15-7-5-4-6-8-15/h4-8,11,13,17H,9-10,12,14H2,1-3H3,(H,21,24)/t17-/m0/s1. The predicted octanol–water partition coefficient (Wildman–Crippen LogP) is 2.48. The first-order valence-electron chi connectivity index (χ1n) is 8.66. The molecule has 6 heteroatoms. The largest absolute Gasteiger partial charge is 0.366 e. The number of rotatable bonds is 4. The van der Waals surface area contributed by atoms with E-state index in [1.165, 1.54) is 5.56 Å². The van der Waals surface area contributed by atoms with Crippen molar-refractivity contribution in [1.82, 2.24) is 14.7 Å². The maximum atomic E-state index is 12.5. The summed E-state index contributed by atoms with van der Waals surface area (Å²) >= 11 is 0. The van der Waals surface area contributed by atoms with E-state index >= 15 is 0 Å². The van der Waals surface area contributed by atoms with Crippen LogP contribution in [0.3, 0.4) is 0 Å². The van der Waals surface area contributed by atoms with Gasteiger partial charge in [-0.1, -0.05) is 30.3 Å². The monoisotopic (exact) mass is 342 g/mol. The average Bonchev–Trinajstić information content (AvgIpc) is 3.05. The number of ether oxygens (including phenoxy) is 1. The van der Waals surface area contributed by atoms with Crippen LogP contribution >= 0.6 is 0 Å². The van der Waals surface area contributed by atoms with Gasteiger partial charge in [-0.3, -0.25) is 14.4 Å². The molecule has 3 rings (SSSR count). The van der Waals surface area contributed by atoms with Crippen molar-refractivity contribution in [2.45, 2.75) is 39.0 Å². The summed E-state index contributed by atoms with van der Waals surface area (Å²) in [4.78, 5) is 14.8. The molecule has 0 unspecified atom stereocenters. The van der Waals surface area contributed by atoms with Crippen LogP contribution < -0.4 is 5.32 Å². The lowest BCUT2D eigenvalue weighted by Gasteiger charge is -2.32. The van der Waals surface area contributed by atoms with Gasteiger partial charge in [-0.2, -0.15) is 5.10 Å². The van der Waals surface area contributed by atoms with Crippen LogP contribution in [0.1, 0.15) is 26.3 Å². The Balaban J connectivity index is 1.57. The molecule has 1 aromatic heterocycles. The summed E-state index contributed by atoms with van der Waals surface area (Å²) in [5, 5.41) is 7.22. The first kappa shape index (κ1) is 17.6. The molecule has 1 aliphatic rings. The maximum Gasteiger partial charge on any atom is 0.254 e. The maximum absolute atomic E-state index is 12.5. The van der Waals surface area contributed by atoms with Crippen molar-refractivity contribution in [3.63, 3.8) is 0 Å². The minimum Gasteiger partial charge on any atom is -0.366 e. The van der Waals surface area contributed by atoms with Crippen LogP contribution in [0.2, 0.25) is 0 Å². The minimum absolute atomic E-state index is 0.114. The van der Waals surface area contributed by atoms with Crippen LogP contribution in [0.4, 0.5) is 5.69 Å². The van der Waals surface area contributed by atoms with E-state index in [0.29, 0.717) is 18.8 Å². The lowest BCUT2D eigenvalue weighted by Crippen LogP contribution is -2.47. The third-order valence-electron chi connectivity index (χ3n) is 4.23. The Morgan fingerprint density at radius 2 is 2.08 bits per heavy atom. The molecule has 0 saturated carbocycles. The molecule has 1 fully saturated rings. The van der Waals surface area contributed by atoms with Crippen LogP contribution in [-0.2, 0) is 21.6 Å². The van der Waals surface area contributed by atoms with Crippen LogP contribution in [0.15, 0.2) is 42.7 Å². The van der Waals surface area contributed by atoms with Gasteiger partial charge in [0.25, 0.3) is 5.91 Å². The molecule has 0 radical (unpaired) electrons. The van der Waals surface area contributed by atoms with Crippen molar-refractivity contribution in [1.29, 1.82) is 0 Å². The summed E-state index contributed by atoms with van der Waals surface area (Å²) < 4.78 is 7.51. The number of nitrogens with one attached hydrogen (secondary N) is 1. The number of carbonyl (C=O) groups excluding carboxylic acids is 1. The Morgan fingerprint density at radius 1 is 1.32 bits per heavy atom. The average molecular weight is 342 g/mol. The van der Waals surface area contributed by atoms with E-state index < -0.39 is 6.10 Å². The number of benzene rings is 1. The summed E-state index contributed by atoms with van der Waals surface area (Å²) in [6, 6.07) is 10.3. The summed E-state index contributed by atoms with van der Waals surface area (Å²) in [5.41, 5.74) is 1.83. The van der Waals surface area contributed by atoms with Gasteiger partial charge in [-0.15, -0.1) is 0 Å². The van der Waals surface area contributed by atoms with E-state index in [1.807, 2.05) is 29.1 Å². The molecular weight excluding hydrogens is 316 g/mol. The Hall–Kier alpha value is -2.18. The smallest absolute Gasteiger partial charge is 0.254 e. The van der Waals surface area contributed by atoms with Crippen LogP contribution in [-0.4, -0.2) is 46.4 Å². The molecule has 1 atom stereocenters. The van der Waals surface area contributed by atoms with Gasteiger partial charge in [0.2, 0.25) is 0 Å². The molecule has 2 aromatic rings.